The fraction of sp³-hybridized carbons (Fsp3) is 0.182. The number of aliphatic hydroxyl groups is 1. The summed E-state index contributed by atoms with van der Waals surface area (Å²) in [5, 5.41) is 13.1. The van der Waals surface area contributed by atoms with Crippen LogP contribution in [0.5, 0.6) is 0 Å². The van der Waals surface area contributed by atoms with Gasteiger partial charge in [-0.2, -0.15) is 5.10 Å². The summed E-state index contributed by atoms with van der Waals surface area (Å²) in [6.45, 7) is 0.141. The third-order valence-electron chi connectivity index (χ3n) is 2.35. The number of aromatic nitrogens is 2. The van der Waals surface area contributed by atoms with Gasteiger partial charge in [-0.05, 0) is 24.3 Å². The van der Waals surface area contributed by atoms with Crippen molar-refractivity contribution in [1.82, 2.24) is 9.78 Å². The van der Waals surface area contributed by atoms with Crippen molar-refractivity contribution in [3.63, 3.8) is 0 Å². The molecule has 1 heterocycles. The zero-order valence-corrected chi connectivity index (χ0v) is 11.4. The van der Waals surface area contributed by atoms with Crippen LogP contribution in [0.4, 0.5) is 5.69 Å². The second-order valence-electron chi connectivity index (χ2n) is 3.78. The van der Waals surface area contributed by atoms with Gasteiger partial charge >= 0.3 is 0 Å². The van der Waals surface area contributed by atoms with Crippen LogP contribution in [0, 0.1) is 0 Å². The molecule has 2 aromatic rings. The van der Waals surface area contributed by atoms with Crippen LogP contribution in [0.1, 0.15) is 0 Å². The van der Waals surface area contributed by atoms with Crippen LogP contribution in [0.15, 0.2) is 41.6 Å². The largest absolute Gasteiger partial charge is 0.394 e. The minimum atomic E-state index is -3.68. The summed E-state index contributed by atoms with van der Waals surface area (Å²) in [4.78, 5) is 0.0379. The average molecular weight is 302 g/mol. The van der Waals surface area contributed by atoms with Gasteiger partial charge in [0, 0.05) is 16.9 Å². The Hall–Kier alpha value is -1.57. The van der Waals surface area contributed by atoms with Crippen molar-refractivity contribution < 1.29 is 13.5 Å². The summed E-state index contributed by atoms with van der Waals surface area (Å²) in [6, 6.07) is 6.32. The number of hydrogen-bond acceptors (Lipinski definition) is 4. The Morgan fingerprint density at radius 1 is 1.32 bits per heavy atom. The molecule has 6 nitrogen and oxygen atoms in total. The van der Waals surface area contributed by atoms with Crippen LogP contribution < -0.4 is 4.72 Å². The van der Waals surface area contributed by atoms with E-state index in [-0.39, 0.29) is 18.0 Å². The minimum absolute atomic E-state index is 0.0379. The molecule has 0 aliphatic rings. The van der Waals surface area contributed by atoms with E-state index in [1.54, 1.807) is 24.3 Å². The molecule has 0 aliphatic heterocycles. The molecule has 0 spiro atoms. The molecule has 0 bridgehead atoms. The Morgan fingerprint density at radius 3 is 2.63 bits per heavy atom. The van der Waals surface area contributed by atoms with E-state index < -0.39 is 10.0 Å². The lowest BCUT2D eigenvalue weighted by atomic mass is 10.3. The van der Waals surface area contributed by atoms with Crippen molar-refractivity contribution in [2.45, 2.75) is 11.4 Å². The van der Waals surface area contributed by atoms with Crippen molar-refractivity contribution >= 4 is 27.3 Å². The molecule has 2 rings (SSSR count). The smallest absolute Gasteiger partial charge is 0.265 e. The van der Waals surface area contributed by atoms with E-state index in [1.165, 1.54) is 17.1 Å². The van der Waals surface area contributed by atoms with E-state index in [1.807, 2.05) is 0 Å². The number of anilines is 1. The molecule has 0 aliphatic carbocycles. The highest BCUT2D eigenvalue weighted by Crippen LogP contribution is 2.17. The van der Waals surface area contributed by atoms with Gasteiger partial charge in [0.15, 0.2) is 0 Å². The Bertz CT molecular complexity index is 652. The first-order chi connectivity index (χ1) is 9.01. The van der Waals surface area contributed by atoms with Crippen LogP contribution in [0.25, 0.3) is 0 Å². The molecule has 1 aromatic heterocycles. The van der Waals surface area contributed by atoms with Crippen molar-refractivity contribution in [2.24, 2.45) is 0 Å². The lowest BCUT2D eigenvalue weighted by Crippen LogP contribution is -2.12. The molecular weight excluding hydrogens is 290 g/mol. The second-order valence-corrected chi connectivity index (χ2v) is 5.89. The standard InChI is InChI=1S/C11H12ClN3O3S/c12-9-1-3-10(4-2-9)14-19(17,18)11-7-13-15(8-11)5-6-16/h1-4,7-8,14,16H,5-6H2. The maximum Gasteiger partial charge on any atom is 0.265 e. The molecule has 0 saturated heterocycles. The van der Waals surface area contributed by atoms with Crippen molar-refractivity contribution in [3.8, 4) is 0 Å². The lowest BCUT2D eigenvalue weighted by molar-refractivity contribution is 0.269. The maximum absolute atomic E-state index is 12.0. The summed E-state index contributed by atoms with van der Waals surface area (Å²) < 4.78 is 27.9. The third kappa shape index (κ3) is 3.46. The molecule has 0 unspecified atom stereocenters. The van der Waals surface area contributed by atoms with Crippen molar-refractivity contribution in [3.05, 3.63) is 41.7 Å². The van der Waals surface area contributed by atoms with Gasteiger partial charge in [-0.1, -0.05) is 11.6 Å². The van der Waals surface area contributed by atoms with Gasteiger partial charge in [-0.3, -0.25) is 9.40 Å². The van der Waals surface area contributed by atoms with Crippen molar-refractivity contribution in [2.75, 3.05) is 11.3 Å². The zero-order chi connectivity index (χ0) is 13.9. The number of rotatable bonds is 5. The normalized spacial score (nSPS) is 11.5. The molecule has 0 atom stereocenters. The summed E-state index contributed by atoms with van der Waals surface area (Å²) in [5.41, 5.74) is 0.416. The van der Waals surface area contributed by atoms with Crippen LogP contribution in [0.3, 0.4) is 0 Å². The quantitative estimate of drug-likeness (QED) is 0.872. The molecular formula is C11H12ClN3O3S. The van der Waals surface area contributed by atoms with Gasteiger partial charge in [0.2, 0.25) is 0 Å². The molecule has 1 aromatic carbocycles. The fourth-order valence-corrected chi connectivity index (χ4v) is 2.58. The highest BCUT2D eigenvalue weighted by molar-refractivity contribution is 7.92. The van der Waals surface area contributed by atoms with Gasteiger partial charge < -0.3 is 5.11 Å². The number of hydrogen-bond donors (Lipinski definition) is 2. The first-order valence-corrected chi connectivity index (χ1v) is 7.29. The molecule has 0 fully saturated rings. The number of aliphatic hydroxyl groups excluding tert-OH is 1. The topological polar surface area (TPSA) is 84.2 Å². The van der Waals surface area contributed by atoms with Gasteiger partial charge in [-0.25, -0.2) is 8.42 Å². The predicted octanol–water partition coefficient (Wildman–Crippen LogP) is 1.33. The van der Waals surface area contributed by atoms with E-state index in [0.29, 0.717) is 10.7 Å². The Kier molecular flexibility index (Phi) is 4.08. The fourth-order valence-electron chi connectivity index (χ4n) is 1.44. The molecule has 2 N–H and O–H groups in total. The monoisotopic (exact) mass is 301 g/mol. The molecule has 0 saturated carbocycles. The second kappa shape index (κ2) is 5.60. The first kappa shape index (κ1) is 13.9. The molecule has 102 valence electrons. The number of nitrogens with zero attached hydrogens (tertiary/aromatic N) is 2. The van der Waals surface area contributed by atoms with Gasteiger partial charge in [-0.15, -0.1) is 0 Å². The number of sulfonamides is 1. The van der Waals surface area contributed by atoms with Crippen LogP contribution in [0.2, 0.25) is 5.02 Å². The van der Waals surface area contributed by atoms with Crippen LogP contribution >= 0.6 is 11.6 Å². The lowest BCUT2D eigenvalue weighted by Gasteiger charge is -2.05. The van der Waals surface area contributed by atoms with E-state index in [9.17, 15) is 8.42 Å². The molecule has 19 heavy (non-hydrogen) atoms. The summed E-state index contributed by atoms with van der Waals surface area (Å²) in [5.74, 6) is 0. The van der Waals surface area contributed by atoms with E-state index >= 15 is 0 Å². The predicted molar refractivity (Wildman–Crippen MR) is 71.6 cm³/mol. The summed E-state index contributed by atoms with van der Waals surface area (Å²) in [6.07, 6.45) is 2.59. The SMILES string of the molecule is O=S(=O)(Nc1ccc(Cl)cc1)c1cnn(CCO)c1. The third-order valence-corrected chi connectivity index (χ3v) is 3.93. The van der Waals surface area contributed by atoms with Crippen LogP contribution in [-0.4, -0.2) is 29.9 Å². The summed E-state index contributed by atoms with van der Waals surface area (Å²) >= 11 is 5.72. The minimum Gasteiger partial charge on any atom is -0.394 e. The average Bonchev–Trinajstić information content (AvgIpc) is 2.82. The van der Waals surface area contributed by atoms with E-state index in [0.717, 1.165) is 0 Å². The Labute approximate surface area is 115 Å². The maximum atomic E-state index is 12.0. The van der Waals surface area contributed by atoms with Gasteiger partial charge in [0.25, 0.3) is 10.0 Å². The Morgan fingerprint density at radius 2 is 2.00 bits per heavy atom. The molecule has 8 heteroatoms. The first-order valence-electron chi connectivity index (χ1n) is 5.43. The van der Waals surface area contributed by atoms with Gasteiger partial charge in [0.1, 0.15) is 4.90 Å². The Balaban J connectivity index is 2.19. The highest BCUT2D eigenvalue weighted by Gasteiger charge is 2.16. The molecule has 0 radical (unpaired) electrons. The van der Waals surface area contributed by atoms with Crippen molar-refractivity contribution in [1.29, 1.82) is 0 Å². The molecule has 0 amide bonds. The van der Waals surface area contributed by atoms with Crippen LogP contribution in [-0.2, 0) is 16.6 Å². The number of benzene rings is 1. The van der Waals surface area contributed by atoms with E-state index in [4.69, 9.17) is 16.7 Å². The van der Waals surface area contributed by atoms with Gasteiger partial charge in [0.05, 0.1) is 19.3 Å². The zero-order valence-electron chi connectivity index (χ0n) is 9.82. The summed E-state index contributed by atoms with van der Waals surface area (Å²) in [7, 11) is -3.68. The number of nitrogens with one attached hydrogen (secondary N) is 1. The van der Waals surface area contributed by atoms with E-state index in [2.05, 4.69) is 9.82 Å². The highest BCUT2D eigenvalue weighted by atomic mass is 35.5. The number of halogens is 1.